The number of carbonyl (C=O) groups excluding carboxylic acids is 1. The second-order valence-electron chi connectivity index (χ2n) is 8.82. The van der Waals surface area contributed by atoms with E-state index >= 15 is 0 Å². The highest BCUT2D eigenvalue weighted by Gasteiger charge is 2.44. The van der Waals surface area contributed by atoms with Gasteiger partial charge in [0.2, 0.25) is 11.9 Å². The number of hydrogen-bond acceptors (Lipinski definition) is 6. The van der Waals surface area contributed by atoms with E-state index in [9.17, 15) is 14.7 Å². The molecule has 0 saturated carbocycles. The SMILES string of the molecule is O=C(Cc1ccc(O)cc1)N1CCC2(CCc3c2nc(N2CCOCC2)[nH]c3=O)CC1. The molecule has 0 bridgehead atoms. The van der Waals surface area contributed by atoms with Crippen molar-refractivity contribution in [3.8, 4) is 5.75 Å². The van der Waals surface area contributed by atoms with Crippen LogP contribution < -0.4 is 10.5 Å². The van der Waals surface area contributed by atoms with Gasteiger partial charge in [-0.3, -0.25) is 14.6 Å². The number of anilines is 1. The quantitative estimate of drug-likeness (QED) is 0.772. The highest BCUT2D eigenvalue weighted by atomic mass is 16.5. The van der Waals surface area contributed by atoms with Crippen LogP contribution in [0.25, 0.3) is 0 Å². The molecule has 2 aromatic rings. The molecule has 5 rings (SSSR count). The van der Waals surface area contributed by atoms with E-state index in [2.05, 4.69) is 9.88 Å². The molecule has 2 N–H and O–H groups in total. The third kappa shape index (κ3) is 3.80. The third-order valence-corrected chi connectivity index (χ3v) is 7.03. The van der Waals surface area contributed by atoms with Crippen LogP contribution in [-0.2, 0) is 27.8 Å². The zero-order valence-electron chi connectivity index (χ0n) is 17.6. The summed E-state index contributed by atoms with van der Waals surface area (Å²) < 4.78 is 5.43. The van der Waals surface area contributed by atoms with Crippen LogP contribution in [0.2, 0.25) is 0 Å². The van der Waals surface area contributed by atoms with Gasteiger partial charge in [0.15, 0.2) is 0 Å². The number of nitrogens with one attached hydrogen (secondary N) is 1. The van der Waals surface area contributed by atoms with Gasteiger partial charge in [0.05, 0.1) is 25.3 Å². The fourth-order valence-corrected chi connectivity index (χ4v) is 5.14. The monoisotopic (exact) mass is 424 g/mol. The normalized spacial score (nSPS) is 20.1. The highest BCUT2D eigenvalue weighted by Crippen LogP contribution is 2.44. The van der Waals surface area contributed by atoms with Gasteiger partial charge in [0.25, 0.3) is 5.56 Å². The molecule has 1 aromatic heterocycles. The fraction of sp³-hybridized carbons (Fsp3) is 0.522. The maximum atomic E-state index is 12.8. The van der Waals surface area contributed by atoms with Gasteiger partial charge in [-0.2, -0.15) is 0 Å². The number of ether oxygens (including phenoxy) is 1. The average molecular weight is 425 g/mol. The number of carbonyl (C=O) groups is 1. The fourth-order valence-electron chi connectivity index (χ4n) is 5.14. The Morgan fingerprint density at radius 2 is 1.81 bits per heavy atom. The Bertz CT molecular complexity index is 1020. The van der Waals surface area contributed by atoms with Crippen molar-refractivity contribution in [2.75, 3.05) is 44.3 Å². The van der Waals surface area contributed by atoms with E-state index < -0.39 is 0 Å². The molecule has 8 heteroatoms. The van der Waals surface area contributed by atoms with Crippen LogP contribution in [-0.4, -0.2) is 65.3 Å². The van der Waals surface area contributed by atoms with E-state index in [4.69, 9.17) is 9.72 Å². The van der Waals surface area contributed by atoms with Crippen molar-refractivity contribution in [1.29, 1.82) is 0 Å². The molecule has 31 heavy (non-hydrogen) atoms. The number of aromatic amines is 1. The molecular weight excluding hydrogens is 396 g/mol. The average Bonchev–Trinajstić information content (AvgIpc) is 3.15. The first kappa shape index (κ1) is 20.1. The van der Waals surface area contributed by atoms with Gasteiger partial charge in [-0.05, 0) is 43.4 Å². The lowest BCUT2D eigenvalue weighted by atomic mass is 9.76. The van der Waals surface area contributed by atoms with E-state index in [1.807, 2.05) is 4.90 Å². The predicted molar refractivity (Wildman–Crippen MR) is 116 cm³/mol. The zero-order valence-corrected chi connectivity index (χ0v) is 17.6. The summed E-state index contributed by atoms with van der Waals surface area (Å²) in [4.78, 5) is 37.5. The second kappa shape index (κ2) is 8.00. The Morgan fingerprint density at radius 1 is 1.10 bits per heavy atom. The summed E-state index contributed by atoms with van der Waals surface area (Å²) >= 11 is 0. The van der Waals surface area contributed by atoms with Crippen molar-refractivity contribution >= 4 is 11.9 Å². The summed E-state index contributed by atoms with van der Waals surface area (Å²) in [6.45, 7) is 4.10. The Labute approximate surface area is 180 Å². The van der Waals surface area contributed by atoms with Crippen LogP contribution in [0.1, 0.15) is 36.1 Å². The molecular formula is C23H28N4O4. The van der Waals surface area contributed by atoms with Crippen molar-refractivity contribution in [3.63, 3.8) is 0 Å². The summed E-state index contributed by atoms with van der Waals surface area (Å²) in [5, 5.41) is 9.42. The van der Waals surface area contributed by atoms with Gasteiger partial charge in [-0.25, -0.2) is 4.98 Å². The number of hydrogen-bond donors (Lipinski definition) is 2. The number of phenolic OH excluding ortho intramolecular Hbond substituents is 1. The number of piperidine rings is 1. The molecule has 0 atom stereocenters. The summed E-state index contributed by atoms with van der Waals surface area (Å²) in [7, 11) is 0. The number of phenols is 1. The van der Waals surface area contributed by atoms with Crippen LogP contribution in [0.4, 0.5) is 5.95 Å². The minimum Gasteiger partial charge on any atom is -0.508 e. The lowest BCUT2D eigenvalue weighted by Crippen LogP contribution is -2.45. The standard InChI is InChI=1S/C23H28N4O4/c28-17-3-1-16(2-4-17)15-19(29)26-9-7-23(8-10-26)6-5-18-20(23)24-22(25-21(18)30)27-11-13-31-14-12-27/h1-4,28H,5-15H2,(H,24,25,30). The van der Waals surface area contributed by atoms with Crippen molar-refractivity contribution in [2.24, 2.45) is 0 Å². The van der Waals surface area contributed by atoms with Gasteiger partial charge in [-0.15, -0.1) is 0 Å². The van der Waals surface area contributed by atoms with Crippen molar-refractivity contribution in [3.05, 3.63) is 51.4 Å². The van der Waals surface area contributed by atoms with E-state index in [1.54, 1.807) is 24.3 Å². The van der Waals surface area contributed by atoms with Gasteiger partial charge in [0, 0.05) is 37.2 Å². The van der Waals surface area contributed by atoms with Crippen LogP contribution in [0.3, 0.4) is 0 Å². The Kier molecular flexibility index (Phi) is 5.17. The minimum absolute atomic E-state index is 0.0193. The Morgan fingerprint density at radius 3 is 2.52 bits per heavy atom. The number of H-pyrrole nitrogens is 1. The first-order valence-electron chi connectivity index (χ1n) is 11.1. The van der Waals surface area contributed by atoms with Crippen LogP contribution >= 0.6 is 0 Å². The van der Waals surface area contributed by atoms with Gasteiger partial charge < -0.3 is 19.6 Å². The summed E-state index contributed by atoms with van der Waals surface area (Å²) in [5.41, 5.74) is 2.54. The number of amides is 1. The molecule has 0 unspecified atom stereocenters. The number of rotatable bonds is 3. The molecule has 3 heterocycles. The Hall–Kier alpha value is -2.87. The first-order chi connectivity index (χ1) is 15.0. The molecule has 1 aromatic carbocycles. The van der Waals surface area contributed by atoms with Gasteiger partial charge in [0.1, 0.15) is 5.75 Å². The summed E-state index contributed by atoms with van der Waals surface area (Å²) in [6.07, 6.45) is 3.68. The number of likely N-dealkylation sites (tertiary alicyclic amines) is 1. The summed E-state index contributed by atoms with van der Waals surface area (Å²) in [6, 6.07) is 6.79. The number of nitrogens with zero attached hydrogens (tertiary/aromatic N) is 3. The largest absolute Gasteiger partial charge is 0.508 e. The Balaban J connectivity index is 1.31. The van der Waals surface area contributed by atoms with Gasteiger partial charge >= 0.3 is 0 Å². The van der Waals surface area contributed by atoms with Crippen LogP contribution in [0.5, 0.6) is 5.75 Å². The number of fused-ring (bicyclic) bond motifs is 2. The van der Waals surface area contributed by atoms with Crippen LogP contribution in [0.15, 0.2) is 29.1 Å². The smallest absolute Gasteiger partial charge is 0.255 e. The van der Waals surface area contributed by atoms with Crippen molar-refractivity contribution in [1.82, 2.24) is 14.9 Å². The molecule has 0 radical (unpaired) electrons. The topological polar surface area (TPSA) is 98.8 Å². The molecule has 2 saturated heterocycles. The number of aromatic hydroxyl groups is 1. The second-order valence-corrected chi connectivity index (χ2v) is 8.82. The van der Waals surface area contributed by atoms with Crippen molar-refractivity contribution in [2.45, 2.75) is 37.5 Å². The molecule has 1 aliphatic carbocycles. The molecule has 1 spiro atoms. The molecule has 1 amide bonds. The van der Waals surface area contributed by atoms with E-state index in [1.165, 1.54) is 0 Å². The number of morpholine rings is 1. The summed E-state index contributed by atoms with van der Waals surface area (Å²) in [5.74, 6) is 0.959. The highest BCUT2D eigenvalue weighted by molar-refractivity contribution is 5.79. The third-order valence-electron chi connectivity index (χ3n) is 7.03. The van der Waals surface area contributed by atoms with Crippen LogP contribution in [0, 0.1) is 0 Å². The lowest BCUT2D eigenvalue weighted by Gasteiger charge is -2.39. The first-order valence-corrected chi connectivity index (χ1v) is 11.1. The number of benzene rings is 1. The minimum atomic E-state index is -0.111. The maximum absolute atomic E-state index is 12.8. The van der Waals surface area contributed by atoms with E-state index in [0.717, 1.165) is 55.6 Å². The zero-order chi connectivity index (χ0) is 21.4. The maximum Gasteiger partial charge on any atom is 0.255 e. The molecule has 8 nitrogen and oxygen atoms in total. The van der Waals surface area contributed by atoms with E-state index in [-0.39, 0.29) is 22.6 Å². The molecule has 2 fully saturated rings. The molecule has 164 valence electrons. The lowest BCUT2D eigenvalue weighted by molar-refractivity contribution is -0.132. The van der Waals surface area contributed by atoms with Crippen molar-refractivity contribution < 1.29 is 14.6 Å². The molecule has 3 aliphatic rings. The molecule has 2 aliphatic heterocycles. The van der Waals surface area contributed by atoms with Gasteiger partial charge in [-0.1, -0.05) is 12.1 Å². The number of aromatic nitrogens is 2. The predicted octanol–water partition coefficient (Wildman–Crippen LogP) is 1.36. The van der Waals surface area contributed by atoms with E-state index in [0.29, 0.717) is 38.7 Å².